The minimum atomic E-state index is -0.980. The fourth-order valence-corrected chi connectivity index (χ4v) is 0.950. The molecule has 4 heteroatoms. The summed E-state index contributed by atoms with van der Waals surface area (Å²) in [5, 5.41) is 20.2. The van der Waals surface area contributed by atoms with Crippen LogP contribution in [0.5, 0.6) is 0 Å². The number of carbonyl (C=O) groups is 1. The summed E-state index contributed by atoms with van der Waals surface area (Å²) in [6, 6.07) is 0.168. The molecule has 3 N–H and O–H groups in total. The molecule has 0 heterocycles. The molecule has 0 aromatic rings. The third-order valence-electron chi connectivity index (χ3n) is 1.88. The largest absolute Gasteiger partial charge is 0.478 e. The SMILES string of the molecule is C=C(CNC(CC)CCO)C(=O)O. The fourth-order valence-electron chi connectivity index (χ4n) is 0.950. The molecule has 0 rings (SSSR count). The molecule has 0 aliphatic carbocycles. The van der Waals surface area contributed by atoms with Crippen LogP contribution in [0.25, 0.3) is 0 Å². The van der Waals surface area contributed by atoms with Gasteiger partial charge in [-0.05, 0) is 12.8 Å². The predicted molar refractivity (Wildman–Crippen MR) is 50.6 cm³/mol. The average molecular weight is 187 g/mol. The summed E-state index contributed by atoms with van der Waals surface area (Å²) in [5.41, 5.74) is 0.149. The molecule has 0 aromatic carbocycles. The smallest absolute Gasteiger partial charge is 0.332 e. The van der Waals surface area contributed by atoms with Crippen molar-refractivity contribution in [3.63, 3.8) is 0 Å². The summed E-state index contributed by atoms with van der Waals surface area (Å²) in [4.78, 5) is 10.4. The number of aliphatic hydroxyl groups is 1. The molecule has 0 aliphatic heterocycles. The Labute approximate surface area is 78.3 Å². The third kappa shape index (κ3) is 5.38. The number of aliphatic hydroxyl groups excluding tert-OH is 1. The number of nitrogens with one attached hydrogen (secondary N) is 1. The summed E-state index contributed by atoms with van der Waals surface area (Å²) < 4.78 is 0. The predicted octanol–water partition coefficient (Wildman–Crippen LogP) is 0.378. The molecule has 0 spiro atoms. The first-order valence-electron chi connectivity index (χ1n) is 4.37. The van der Waals surface area contributed by atoms with Crippen LogP contribution in [0.3, 0.4) is 0 Å². The van der Waals surface area contributed by atoms with E-state index in [9.17, 15) is 4.79 Å². The van der Waals surface area contributed by atoms with Gasteiger partial charge in [-0.1, -0.05) is 13.5 Å². The lowest BCUT2D eigenvalue weighted by molar-refractivity contribution is -0.132. The van der Waals surface area contributed by atoms with Crippen LogP contribution in [0, 0.1) is 0 Å². The topological polar surface area (TPSA) is 69.6 Å². The van der Waals surface area contributed by atoms with Gasteiger partial charge in [0.25, 0.3) is 0 Å². The van der Waals surface area contributed by atoms with Crippen LogP contribution in [-0.2, 0) is 4.79 Å². The Bertz CT molecular complexity index is 180. The highest BCUT2D eigenvalue weighted by molar-refractivity contribution is 5.86. The normalized spacial score (nSPS) is 12.5. The van der Waals surface area contributed by atoms with Crippen molar-refractivity contribution in [3.8, 4) is 0 Å². The highest BCUT2D eigenvalue weighted by atomic mass is 16.4. The highest BCUT2D eigenvalue weighted by Crippen LogP contribution is 1.97. The molecule has 0 fully saturated rings. The van der Waals surface area contributed by atoms with E-state index >= 15 is 0 Å². The average Bonchev–Trinajstić information content (AvgIpc) is 2.11. The van der Waals surface area contributed by atoms with Crippen LogP contribution in [0.2, 0.25) is 0 Å². The fraction of sp³-hybridized carbons (Fsp3) is 0.667. The Morgan fingerprint density at radius 1 is 1.62 bits per heavy atom. The van der Waals surface area contributed by atoms with Crippen molar-refractivity contribution >= 4 is 5.97 Å². The molecule has 0 amide bonds. The molecule has 0 bridgehead atoms. The number of carboxylic acid groups (broad SMARTS) is 1. The van der Waals surface area contributed by atoms with Crippen LogP contribution >= 0.6 is 0 Å². The Hall–Kier alpha value is -0.870. The Kier molecular flexibility index (Phi) is 6.18. The molecule has 0 saturated heterocycles. The lowest BCUT2D eigenvalue weighted by Gasteiger charge is -2.15. The van der Waals surface area contributed by atoms with E-state index in [1.54, 1.807) is 0 Å². The second-order valence-electron chi connectivity index (χ2n) is 2.91. The van der Waals surface area contributed by atoms with Gasteiger partial charge in [-0.25, -0.2) is 4.79 Å². The van der Waals surface area contributed by atoms with Gasteiger partial charge in [-0.3, -0.25) is 0 Å². The van der Waals surface area contributed by atoms with Crippen molar-refractivity contribution in [2.24, 2.45) is 0 Å². The zero-order valence-corrected chi connectivity index (χ0v) is 7.92. The Balaban J connectivity index is 3.71. The van der Waals surface area contributed by atoms with Gasteiger partial charge in [0.05, 0.1) is 0 Å². The molecule has 1 atom stereocenters. The van der Waals surface area contributed by atoms with E-state index in [0.717, 1.165) is 6.42 Å². The first-order valence-corrected chi connectivity index (χ1v) is 4.37. The van der Waals surface area contributed by atoms with Crippen molar-refractivity contribution in [3.05, 3.63) is 12.2 Å². The van der Waals surface area contributed by atoms with Crippen LogP contribution < -0.4 is 5.32 Å². The maximum Gasteiger partial charge on any atom is 0.332 e. The third-order valence-corrected chi connectivity index (χ3v) is 1.88. The molecule has 76 valence electrons. The number of carboxylic acids is 1. The summed E-state index contributed by atoms with van der Waals surface area (Å²) in [5.74, 6) is -0.980. The van der Waals surface area contributed by atoms with Crippen LogP contribution in [0.1, 0.15) is 19.8 Å². The monoisotopic (exact) mass is 187 g/mol. The standard InChI is InChI=1S/C9H17NO3/c1-3-8(4-5-11)10-6-7(2)9(12)13/h8,10-11H,2-6H2,1H3,(H,12,13). The van der Waals surface area contributed by atoms with E-state index in [0.29, 0.717) is 6.42 Å². The van der Waals surface area contributed by atoms with Crippen molar-refractivity contribution < 1.29 is 15.0 Å². The van der Waals surface area contributed by atoms with E-state index in [1.165, 1.54) is 0 Å². The van der Waals surface area contributed by atoms with Crippen LogP contribution in [0.4, 0.5) is 0 Å². The summed E-state index contributed by atoms with van der Waals surface area (Å²) in [6.45, 7) is 5.77. The van der Waals surface area contributed by atoms with Crippen molar-refractivity contribution in [2.45, 2.75) is 25.8 Å². The molecule has 1 unspecified atom stereocenters. The molecule has 0 aromatic heterocycles. The lowest BCUT2D eigenvalue weighted by atomic mass is 10.1. The van der Waals surface area contributed by atoms with Gasteiger partial charge in [-0.2, -0.15) is 0 Å². The molecular weight excluding hydrogens is 170 g/mol. The quantitative estimate of drug-likeness (QED) is 0.504. The molecule has 4 nitrogen and oxygen atoms in total. The van der Waals surface area contributed by atoms with Crippen LogP contribution in [0.15, 0.2) is 12.2 Å². The number of hydrogen-bond donors (Lipinski definition) is 3. The Morgan fingerprint density at radius 2 is 2.23 bits per heavy atom. The number of hydrogen-bond acceptors (Lipinski definition) is 3. The minimum Gasteiger partial charge on any atom is -0.478 e. The van der Waals surface area contributed by atoms with Crippen molar-refractivity contribution in [1.29, 1.82) is 0 Å². The molecule has 0 saturated carbocycles. The second-order valence-corrected chi connectivity index (χ2v) is 2.91. The van der Waals surface area contributed by atoms with E-state index in [2.05, 4.69) is 11.9 Å². The van der Waals surface area contributed by atoms with Gasteiger partial charge < -0.3 is 15.5 Å². The summed E-state index contributed by atoms with van der Waals surface area (Å²) in [7, 11) is 0. The van der Waals surface area contributed by atoms with E-state index in [1.807, 2.05) is 6.92 Å². The molecule has 0 radical (unpaired) electrons. The zero-order chi connectivity index (χ0) is 10.3. The Morgan fingerprint density at radius 3 is 2.62 bits per heavy atom. The molecule has 13 heavy (non-hydrogen) atoms. The highest BCUT2D eigenvalue weighted by Gasteiger charge is 2.07. The summed E-state index contributed by atoms with van der Waals surface area (Å²) in [6.07, 6.45) is 1.51. The van der Waals surface area contributed by atoms with Gasteiger partial charge in [0, 0.05) is 24.8 Å². The van der Waals surface area contributed by atoms with Gasteiger partial charge in [0.15, 0.2) is 0 Å². The number of aliphatic carboxylic acids is 1. The zero-order valence-electron chi connectivity index (χ0n) is 7.92. The van der Waals surface area contributed by atoms with Gasteiger partial charge in [0.1, 0.15) is 0 Å². The molecule has 0 aliphatic rings. The van der Waals surface area contributed by atoms with Gasteiger partial charge in [0.2, 0.25) is 0 Å². The second kappa shape index (κ2) is 6.62. The lowest BCUT2D eigenvalue weighted by Crippen LogP contribution is -2.32. The first-order chi connectivity index (χ1) is 6.11. The summed E-state index contributed by atoms with van der Waals surface area (Å²) >= 11 is 0. The van der Waals surface area contributed by atoms with E-state index in [-0.39, 0.29) is 24.8 Å². The maximum absolute atomic E-state index is 10.4. The number of rotatable bonds is 7. The van der Waals surface area contributed by atoms with Crippen molar-refractivity contribution in [1.82, 2.24) is 5.32 Å². The van der Waals surface area contributed by atoms with Gasteiger partial charge >= 0.3 is 5.97 Å². The minimum absolute atomic E-state index is 0.116. The van der Waals surface area contributed by atoms with E-state index < -0.39 is 5.97 Å². The molecular formula is C9H17NO3. The van der Waals surface area contributed by atoms with Crippen molar-refractivity contribution in [2.75, 3.05) is 13.2 Å². The van der Waals surface area contributed by atoms with Gasteiger partial charge in [-0.15, -0.1) is 0 Å². The van der Waals surface area contributed by atoms with Crippen LogP contribution in [-0.4, -0.2) is 35.4 Å². The van der Waals surface area contributed by atoms with E-state index in [4.69, 9.17) is 10.2 Å². The first kappa shape index (κ1) is 12.1. The maximum atomic E-state index is 10.4.